The predicted octanol–water partition coefficient (Wildman–Crippen LogP) is 0.557. The van der Waals surface area contributed by atoms with E-state index >= 15 is 0 Å². The summed E-state index contributed by atoms with van der Waals surface area (Å²) in [5.41, 5.74) is 1.74. The lowest BCUT2D eigenvalue weighted by molar-refractivity contribution is 0.259. The van der Waals surface area contributed by atoms with Gasteiger partial charge >= 0.3 is 0 Å². The zero-order valence-electron chi connectivity index (χ0n) is 7.16. The number of aliphatic hydroxyl groups is 1. The molecule has 0 spiro atoms. The van der Waals surface area contributed by atoms with Crippen LogP contribution < -0.4 is 5.32 Å². The molecule has 0 bridgehead atoms. The van der Waals surface area contributed by atoms with Crippen LogP contribution >= 0.6 is 0 Å². The van der Waals surface area contributed by atoms with Gasteiger partial charge in [-0.1, -0.05) is 24.3 Å². The van der Waals surface area contributed by atoms with Gasteiger partial charge in [-0.15, -0.1) is 0 Å². The molecule has 0 saturated heterocycles. The van der Waals surface area contributed by atoms with Crippen LogP contribution in [0.5, 0.6) is 0 Å². The van der Waals surface area contributed by atoms with Crippen LogP contribution in [0.25, 0.3) is 0 Å². The van der Waals surface area contributed by atoms with Crippen LogP contribution in [-0.2, 0) is 13.2 Å². The molecule has 0 saturated carbocycles. The largest absolute Gasteiger partial charge is 0.392 e. The highest BCUT2D eigenvalue weighted by Crippen LogP contribution is 2.04. The molecule has 0 fully saturated rings. The minimum Gasteiger partial charge on any atom is -0.392 e. The zero-order chi connectivity index (χ0) is 9.68. The van der Waals surface area contributed by atoms with Crippen LogP contribution in [0.3, 0.4) is 0 Å². The van der Waals surface area contributed by atoms with Gasteiger partial charge in [0.1, 0.15) is 0 Å². The summed E-state index contributed by atoms with van der Waals surface area (Å²) in [5, 5.41) is 11.3. The van der Waals surface area contributed by atoms with Crippen molar-refractivity contribution in [3.05, 3.63) is 35.4 Å². The number of benzene rings is 1. The summed E-state index contributed by atoms with van der Waals surface area (Å²) in [5.74, 6) is -0.547. The normalized spacial score (nSPS) is 9.62. The summed E-state index contributed by atoms with van der Waals surface area (Å²) in [6.07, 6.45) is 0. The molecule has 0 unspecified atom stereocenters. The molecule has 2 radical (unpaired) electrons. The fourth-order valence-electron chi connectivity index (χ4n) is 1.03. The van der Waals surface area contributed by atoms with E-state index in [9.17, 15) is 4.79 Å². The maximum Gasteiger partial charge on any atom is 0.200 e. The van der Waals surface area contributed by atoms with E-state index in [2.05, 4.69) is 5.32 Å². The molecule has 0 aromatic heterocycles. The fraction of sp³-hybridized carbons (Fsp3) is 0.222. The zero-order valence-corrected chi connectivity index (χ0v) is 7.16. The molecule has 0 aliphatic carbocycles. The minimum absolute atomic E-state index is 0.00438. The van der Waals surface area contributed by atoms with Crippen molar-refractivity contribution in [1.82, 2.24) is 5.32 Å². The highest BCUT2D eigenvalue weighted by Gasteiger charge is 1.95. The van der Waals surface area contributed by atoms with Crippen LogP contribution in [0.4, 0.5) is 4.79 Å². The van der Waals surface area contributed by atoms with Crippen molar-refractivity contribution in [3.8, 4) is 0 Å². The summed E-state index contributed by atoms with van der Waals surface area (Å²) < 4.78 is 0. The predicted molar refractivity (Wildman–Crippen MR) is 50.4 cm³/mol. The summed E-state index contributed by atoms with van der Waals surface area (Å²) >= 11 is 0. The molecule has 1 rings (SSSR count). The summed E-state index contributed by atoms with van der Waals surface area (Å²) in [4.78, 5) is 10.4. The number of carbonyl (C=O) groups is 1. The molecule has 3 nitrogen and oxygen atoms in total. The minimum atomic E-state index is -0.547. The van der Waals surface area contributed by atoms with Crippen molar-refractivity contribution in [2.45, 2.75) is 13.2 Å². The lowest BCUT2D eigenvalue weighted by Gasteiger charge is -2.03. The Morgan fingerprint density at radius 2 is 2.15 bits per heavy atom. The van der Waals surface area contributed by atoms with Gasteiger partial charge in [-0.25, -0.2) is 0 Å². The Labute approximate surface area is 78.2 Å². The fourth-order valence-corrected chi connectivity index (χ4v) is 1.03. The van der Waals surface area contributed by atoms with Crippen LogP contribution in [0.1, 0.15) is 11.1 Å². The van der Waals surface area contributed by atoms with Crippen molar-refractivity contribution < 1.29 is 9.90 Å². The topological polar surface area (TPSA) is 49.3 Å². The highest BCUT2D eigenvalue weighted by atomic mass is 16.3. The van der Waals surface area contributed by atoms with E-state index in [4.69, 9.17) is 13.0 Å². The van der Waals surface area contributed by atoms with Gasteiger partial charge in [0.05, 0.1) is 6.61 Å². The summed E-state index contributed by atoms with van der Waals surface area (Å²) in [6, 6.07) is 7.31. The smallest absolute Gasteiger partial charge is 0.200 e. The first-order chi connectivity index (χ1) is 6.22. The van der Waals surface area contributed by atoms with Crippen molar-refractivity contribution in [1.29, 1.82) is 0 Å². The van der Waals surface area contributed by atoms with E-state index in [0.717, 1.165) is 11.1 Å². The maximum atomic E-state index is 10.4. The van der Waals surface area contributed by atoms with E-state index in [1.165, 1.54) is 0 Å². The molecule has 0 aliphatic heterocycles. The second-order valence-corrected chi connectivity index (χ2v) is 2.70. The number of amides is 1. The molecule has 4 heteroatoms. The Morgan fingerprint density at radius 1 is 1.46 bits per heavy atom. The first-order valence-corrected chi connectivity index (χ1v) is 3.94. The van der Waals surface area contributed by atoms with E-state index < -0.39 is 5.81 Å². The molecule has 1 amide bonds. The lowest BCUT2D eigenvalue weighted by Crippen LogP contribution is -2.20. The Bertz CT molecular complexity index is 301. The Morgan fingerprint density at radius 3 is 2.77 bits per heavy atom. The van der Waals surface area contributed by atoms with Gasteiger partial charge in [-0.3, -0.25) is 4.79 Å². The lowest BCUT2D eigenvalue weighted by atomic mass is 10.1. The number of carbonyl (C=O) groups excluding carboxylic acids is 1. The van der Waals surface area contributed by atoms with Gasteiger partial charge in [0.25, 0.3) is 0 Å². The Hall–Kier alpha value is -1.29. The Kier molecular flexibility index (Phi) is 3.52. The average Bonchev–Trinajstić information content (AvgIpc) is 2.15. The SMILES string of the molecule is [B]C(=O)NCc1cccc(CO)c1. The molecule has 2 N–H and O–H groups in total. The summed E-state index contributed by atoms with van der Waals surface area (Å²) in [6.45, 7) is 0.396. The molecule has 1 aromatic carbocycles. The van der Waals surface area contributed by atoms with E-state index in [1.54, 1.807) is 0 Å². The molecule has 0 aliphatic rings. The monoisotopic (exact) mass is 175 g/mol. The molecular weight excluding hydrogens is 165 g/mol. The van der Waals surface area contributed by atoms with E-state index in [1.807, 2.05) is 24.3 Å². The van der Waals surface area contributed by atoms with Crippen molar-refractivity contribution in [2.24, 2.45) is 0 Å². The van der Waals surface area contributed by atoms with Crippen LogP contribution in [0.2, 0.25) is 0 Å². The number of nitrogens with one attached hydrogen (secondary N) is 1. The third kappa shape index (κ3) is 3.30. The van der Waals surface area contributed by atoms with Gasteiger partial charge in [0.2, 0.25) is 7.85 Å². The van der Waals surface area contributed by atoms with Gasteiger partial charge < -0.3 is 10.4 Å². The third-order valence-electron chi connectivity index (χ3n) is 1.64. The average molecular weight is 175 g/mol. The number of rotatable bonds is 3. The van der Waals surface area contributed by atoms with Gasteiger partial charge in [-0.2, -0.15) is 0 Å². The second-order valence-electron chi connectivity index (χ2n) is 2.70. The molecule has 0 atom stereocenters. The first kappa shape index (κ1) is 9.80. The van der Waals surface area contributed by atoms with Crippen molar-refractivity contribution >= 4 is 13.7 Å². The number of aliphatic hydroxyl groups excluding tert-OH is 1. The van der Waals surface area contributed by atoms with E-state index in [-0.39, 0.29) is 6.61 Å². The van der Waals surface area contributed by atoms with Crippen LogP contribution in [-0.4, -0.2) is 18.8 Å². The first-order valence-electron chi connectivity index (χ1n) is 3.94. The molecule has 1 aromatic rings. The maximum absolute atomic E-state index is 10.4. The van der Waals surface area contributed by atoms with Crippen LogP contribution in [0, 0.1) is 0 Å². The second kappa shape index (κ2) is 4.67. The van der Waals surface area contributed by atoms with Gasteiger partial charge in [-0.05, 0) is 11.1 Å². The summed E-state index contributed by atoms with van der Waals surface area (Å²) in [7, 11) is 4.91. The number of hydrogen-bond donors (Lipinski definition) is 2. The van der Waals surface area contributed by atoms with E-state index in [0.29, 0.717) is 6.54 Å². The van der Waals surface area contributed by atoms with Gasteiger partial charge in [0.15, 0.2) is 5.81 Å². The highest BCUT2D eigenvalue weighted by molar-refractivity contribution is 6.57. The molecule has 13 heavy (non-hydrogen) atoms. The van der Waals surface area contributed by atoms with Gasteiger partial charge in [0, 0.05) is 6.54 Å². The van der Waals surface area contributed by atoms with Crippen LogP contribution in [0.15, 0.2) is 24.3 Å². The third-order valence-corrected chi connectivity index (χ3v) is 1.64. The van der Waals surface area contributed by atoms with Crippen molar-refractivity contribution in [2.75, 3.05) is 0 Å². The molecule has 66 valence electrons. The standard InChI is InChI=1S/C9H10BNO2/c10-9(13)11-5-7-2-1-3-8(4-7)6-12/h1-4,12H,5-6H2,(H,11,13). The molecular formula is C9H10BNO2. The quantitative estimate of drug-likeness (QED) is 0.659. The van der Waals surface area contributed by atoms with Crippen molar-refractivity contribution in [3.63, 3.8) is 0 Å². The molecule has 0 heterocycles. The Balaban J connectivity index is 2.61. The number of hydrogen-bond acceptors (Lipinski definition) is 2.